The van der Waals surface area contributed by atoms with E-state index in [1.807, 2.05) is 24.3 Å². The molecule has 1 heterocycles. The number of fused-ring (bicyclic) bond motifs is 1. The topological polar surface area (TPSA) is 70.2 Å². The van der Waals surface area contributed by atoms with Crippen molar-refractivity contribution in [3.63, 3.8) is 0 Å². The summed E-state index contributed by atoms with van der Waals surface area (Å²) < 4.78 is 0. The van der Waals surface area contributed by atoms with Crippen LogP contribution in [0.1, 0.15) is 18.1 Å². The second-order valence-corrected chi connectivity index (χ2v) is 5.12. The van der Waals surface area contributed by atoms with Crippen molar-refractivity contribution in [1.29, 1.82) is 5.26 Å². The number of anilines is 2. The molecule has 0 saturated carbocycles. The molecule has 2 aromatic rings. The molecular formula is C16H13N3O2. The van der Waals surface area contributed by atoms with Gasteiger partial charge in [0.1, 0.15) is 11.6 Å². The predicted octanol–water partition coefficient (Wildman–Crippen LogP) is 3.55. The first-order valence-electron chi connectivity index (χ1n) is 6.67. The molecule has 0 saturated heterocycles. The average molecular weight is 279 g/mol. The maximum atomic E-state index is 11.1. The van der Waals surface area contributed by atoms with Crippen LogP contribution in [0, 0.1) is 21.4 Å². The number of para-hydroxylation sites is 1. The number of nitro groups is 1. The molecule has 0 spiro atoms. The summed E-state index contributed by atoms with van der Waals surface area (Å²) in [6.45, 7) is 2.09. The number of hydrogen-bond donors (Lipinski definition) is 0. The molecule has 1 unspecified atom stereocenters. The van der Waals surface area contributed by atoms with E-state index < -0.39 is 4.92 Å². The molecule has 0 bridgehead atoms. The molecule has 5 heteroatoms. The third kappa shape index (κ3) is 2.11. The van der Waals surface area contributed by atoms with Crippen LogP contribution in [0.5, 0.6) is 0 Å². The van der Waals surface area contributed by atoms with Gasteiger partial charge < -0.3 is 4.90 Å². The van der Waals surface area contributed by atoms with Crippen LogP contribution in [-0.2, 0) is 6.42 Å². The summed E-state index contributed by atoms with van der Waals surface area (Å²) in [5, 5.41) is 20.1. The molecule has 0 aliphatic carbocycles. The van der Waals surface area contributed by atoms with E-state index in [9.17, 15) is 10.1 Å². The van der Waals surface area contributed by atoms with E-state index in [2.05, 4.69) is 17.9 Å². The van der Waals surface area contributed by atoms with Gasteiger partial charge in [-0.1, -0.05) is 18.2 Å². The Morgan fingerprint density at radius 3 is 2.81 bits per heavy atom. The van der Waals surface area contributed by atoms with Crippen LogP contribution in [0.15, 0.2) is 42.5 Å². The van der Waals surface area contributed by atoms with Crippen molar-refractivity contribution in [3.05, 3.63) is 63.7 Å². The summed E-state index contributed by atoms with van der Waals surface area (Å²) in [5.41, 5.74) is 3.00. The summed E-state index contributed by atoms with van der Waals surface area (Å²) in [4.78, 5) is 12.7. The van der Waals surface area contributed by atoms with E-state index >= 15 is 0 Å². The Balaban J connectivity index is 2.12. The minimum atomic E-state index is -0.505. The third-order valence-corrected chi connectivity index (χ3v) is 3.78. The van der Waals surface area contributed by atoms with E-state index in [0.717, 1.165) is 17.8 Å². The van der Waals surface area contributed by atoms with Crippen LogP contribution in [0.2, 0.25) is 0 Å². The molecule has 1 aliphatic heterocycles. The smallest absolute Gasteiger partial charge is 0.289 e. The Kier molecular flexibility index (Phi) is 3.07. The number of hydrogen-bond acceptors (Lipinski definition) is 4. The molecule has 0 fully saturated rings. The first-order valence-corrected chi connectivity index (χ1v) is 6.67. The normalized spacial score (nSPS) is 16.4. The maximum Gasteiger partial charge on any atom is 0.289 e. The molecule has 1 atom stereocenters. The molecule has 3 rings (SSSR count). The third-order valence-electron chi connectivity index (χ3n) is 3.78. The fraction of sp³-hybridized carbons (Fsp3) is 0.188. The maximum absolute atomic E-state index is 11.1. The van der Waals surface area contributed by atoms with Gasteiger partial charge in [-0.25, -0.2) is 0 Å². The zero-order valence-corrected chi connectivity index (χ0v) is 11.5. The SMILES string of the molecule is CC1Cc2ccccc2N1c1ccc(C#N)c([N+](=O)[O-])c1. The second kappa shape index (κ2) is 4.91. The first-order chi connectivity index (χ1) is 10.1. The van der Waals surface area contributed by atoms with E-state index in [0.29, 0.717) is 0 Å². The molecule has 21 heavy (non-hydrogen) atoms. The van der Waals surface area contributed by atoms with Crippen molar-refractivity contribution in [3.8, 4) is 6.07 Å². The largest absolute Gasteiger partial charge is 0.338 e. The van der Waals surface area contributed by atoms with E-state index in [4.69, 9.17) is 5.26 Å². The Bertz CT molecular complexity index is 764. The van der Waals surface area contributed by atoms with Crippen LogP contribution in [-0.4, -0.2) is 11.0 Å². The van der Waals surface area contributed by atoms with Gasteiger partial charge in [0, 0.05) is 23.5 Å². The highest BCUT2D eigenvalue weighted by atomic mass is 16.6. The molecule has 0 amide bonds. The number of rotatable bonds is 2. The fourth-order valence-electron chi connectivity index (χ4n) is 2.87. The molecule has 1 aliphatic rings. The van der Waals surface area contributed by atoms with Gasteiger partial charge in [-0.05, 0) is 37.1 Å². The summed E-state index contributed by atoms with van der Waals surface area (Å²) >= 11 is 0. The average Bonchev–Trinajstić information content (AvgIpc) is 2.82. The lowest BCUT2D eigenvalue weighted by molar-refractivity contribution is -0.385. The summed E-state index contributed by atoms with van der Waals surface area (Å²) in [6, 6.07) is 14.9. The molecule has 2 aromatic carbocycles. The predicted molar refractivity (Wildman–Crippen MR) is 79.6 cm³/mol. The standard InChI is InChI=1S/C16H13N3O2/c1-11-8-12-4-2-3-5-15(12)18(11)14-7-6-13(10-17)16(9-14)19(20)21/h2-7,9,11H,8H2,1H3. The molecule has 5 nitrogen and oxygen atoms in total. The zero-order chi connectivity index (χ0) is 15.0. The lowest BCUT2D eigenvalue weighted by Gasteiger charge is -2.25. The minimum Gasteiger partial charge on any atom is -0.338 e. The number of nitriles is 1. The van der Waals surface area contributed by atoms with E-state index in [-0.39, 0.29) is 17.3 Å². The monoisotopic (exact) mass is 279 g/mol. The lowest BCUT2D eigenvalue weighted by Crippen LogP contribution is -2.23. The molecule has 0 N–H and O–H groups in total. The van der Waals surface area contributed by atoms with Gasteiger partial charge in [0.2, 0.25) is 0 Å². The fourth-order valence-corrected chi connectivity index (χ4v) is 2.87. The van der Waals surface area contributed by atoms with Gasteiger partial charge in [-0.15, -0.1) is 0 Å². The summed E-state index contributed by atoms with van der Waals surface area (Å²) in [7, 11) is 0. The number of nitro benzene ring substituents is 1. The quantitative estimate of drug-likeness (QED) is 0.622. The second-order valence-electron chi connectivity index (χ2n) is 5.12. The van der Waals surface area contributed by atoms with Crippen LogP contribution in [0.3, 0.4) is 0 Å². The van der Waals surface area contributed by atoms with Crippen molar-refractivity contribution in [2.24, 2.45) is 0 Å². The Labute approximate surface area is 122 Å². The molecule has 0 aromatic heterocycles. The van der Waals surface area contributed by atoms with Crippen LogP contribution in [0.25, 0.3) is 0 Å². The zero-order valence-electron chi connectivity index (χ0n) is 11.5. The number of nitrogens with zero attached hydrogens (tertiary/aromatic N) is 3. The summed E-state index contributed by atoms with van der Waals surface area (Å²) in [6.07, 6.45) is 0.907. The first kappa shape index (κ1) is 13.1. The molecular weight excluding hydrogens is 266 g/mol. The molecule has 104 valence electrons. The van der Waals surface area contributed by atoms with Crippen molar-refractivity contribution in [2.75, 3.05) is 4.90 Å². The highest BCUT2D eigenvalue weighted by molar-refractivity contribution is 5.73. The van der Waals surface area contributed by atoms with Crippen LogP contribution < -0.4 is 4.90 Å². The highest BCUT2D eigenvalue weighted by Gasteiger charge is 2.28. The molecule has 0 radical (unpaired) electrons. The van der Waals surface area contributed by atoms with Crippen LogP contribution in [0.4, 0.5) is 17.1 Å². The summed E-state index contributed by atoms with van der Waals surface area (Å²) in [5.74, 6) is 0. The van der Waals surface area contributed by atoms with Gasteiger partial charge in [0.15, 0.2) is 0 Å². The minimum absolute atomic E-state index is 0.0869. The van der Waals surface area contributed by atoms with Gasteiger partial charge >= 0.3 is 0 Å². The van der Waals surface area contributed by atoms with Crippen molar-refractivity contribution < 1.29 is 4.92 Å². The Morgan fingerprint density at radius 1 is 1.33 bits per heavy atom. The van der Waals surface area contributed by atoms with Crippen LogP contribution >= 0.6 is 0 Å². The Hall–Kier alpha value is -2.87. The van der Waals surface area contributed by atoms with Crippen molar-refractivity contribution in [1.82, 2.24) is 0 Å². The van der Waals surface area contributed by atoms with Gasteiger partial charge in [-0.2, -0.15) is 5.26 Å². The number of benzene rings is 2. The van der Waals surface area contributed by atoms with Gasteiger partial charge in [-0.3, -0.25) is 10.1 Å². The lowest BCUT2D eigenvalue weighted by atomic mass is 10.1. The van der Waals surface area contributed by atoms with Crippen molar-refractivity contribution in [2.45, 2.75) is 19.4 Å². The Morgan fingerprint density at radius 2 is 2.10 bits per heavy atom. The van der Waals surface area contributed by atoms with E-state index in [1.165, 1.54) is 17.7 Å². The van der Waals surface area contributed by atoms with E-state index in [1.54, 1.807) is 6.07 Å². The highest BCUT2D eigenvalue weighted by Crippen LogP contribution is 2.39. The van der Waals surface area contributed by atoms with Gasteiger partial charge in [0.25, 0.3) is 5.69 Å². The van der Waals surface area contributed by atoms with Gasteiger partial charge in [0.05, 0.1) is 4.92 Å². The van der Waals surface area contributed by atoms with Crippen molar-refractivity contribution >= 4 is 17.1 Å².